The zero-order chi connectivity index (χ0) is 15.1. The highest BCUT2D eigenvalue weighted by molar-refractivity contribution is 5.59. The maximum absolute atomic E-state index is 9.74. The molecule has 2 rings (SSSR count). The van der Waals surface area contributed by atoms with Gasteiger partial charge in [0.1, 0.15) is 17.5 Å². The maximum Gasteiger partial charge on any atom is 0.137 e. The summed E-state index contributed by atoms with van der Waals surface area (Å²) >= 11 is 0. The number of hydrogen-bond donors (Lipinski definition) is 1. The van der Waals surface area contributed by atoms with Crippen LogP contribution in [0.25, 0.3) is 0 Å². The van der Waals surface area contributed by atoms with E-state index in [1.54, 1.807) is 6.07 Å². The molecule has 20 heavy (non-hydrogen) atoms. The first kappa shape index (κ1) is 15.3. The Morgan fingerprint density at radius 2 is 2.00 bits per heavy atom. The van der Waals surface area contributed by atoms with Gasteiger partial charge in [0.15, 0.2) is 0 Å². The molecule has 0 saturated carbocycles. The molecule has 0 radical (unpaired) electrons. The molecule has 0 spiro atoms. The van der Waals surface area contributed by atoms with Gasteiger partial charge in [0, 0.05) is 18.1 Å². The summed E-state index contributed by atoms with van der Waals surface area (Å²) in [5.74, 6) is 0.356. The molecule has 0 amide bonds. The lowest BCUT2D eigenvalue weighted by Crippen LogP contribution is -2.64. The summed E-state index contributed by atoms with van der Waals surface area (Å²) < 4.78 is 6.76. The minimum Gasteiger partial charge on any atom is -0.508 e. The second-order valence-corrected chi connectivity index (χ2v) is 7.30. The number of likely N-dealkylation sites (N-methyl/N-ethyl adjacent to an activating group) is 1. The molecule has 3 nitrogen and oxygen atoms in total. The monoisotopic (exact) mass is 278 g/mol. The summed E-state index contributed by atoms with van der Waals surface area (Å²) in [6.45, 7) is 11.7. The van der Waals surface area contributed by atoms with Crippen LogP contribution in [0.5, 0.6) is 5.75 Å². The molecule has 0 aromatic heterocycles. The molecule has 1 aliphatic heterocycles. The Kier molecular flexibility index (Phi) is 3.87. The van der Waals surface area contributed by atoms with Gasteiger partial charge in [-0.2, -0.15) is 0 Å². The van der Waals surface area contributed by atoms with E-state index in [9.17, 15) is 5.11 Å². The fraction of sp³-hybridized carbons (Fsp3) is 0.647. The van der Waals surface area contributed by atoms with Gasteiger partial charge in [0.05, 0.1) is 25.3 Å². The summed E-state index contributed by atoms with van der Waals surface area (Å²) in [6.07, 6.45) is 1.21. The van der Waals surface area contributed by atoms with Crippen molar-refractivity contribution in [2.75, 3.05) is 13.7 Å². The molecule has 0 bridgehead atoms. The minimum absolute atomic E-state index is 0.0905. The Bertz CT molecular complexity index is 490. The quantitative estimate of drug-likeness (QED) is 0.858. The number of hydrogen-bond acceptors (Lipinski definition) is 2. The molecular weight excluding hydrogens is 250 g/mol. The van der Waals surface area contributed by atoms with Crippen LogP contribution in [0, 0.1) is 0 Å². The highest BCUT2D eigenvalue weighted by atomic mass is 16.5. The van der Waals surface area contributed by atoms with Gasteiger partial charge in [0.2, 0.25) is 0 Å². The van der Waals surface area contributed by atoms with Gasteiger partial charge < -0.3 is 9.84 Å². The van der Waals surface area contributed by atoms with E-state index < -0.39 is 0 Å². The largest absolute Gasteiger partial charge is 0.508 e. The fourth-order valence-corrected chi connectivity index (χ4v) is 3.24. The third kappa shape index (κ3) is 2.45. The van der Waals surface area contributed by atoms with Gasteiger partial charge in [-0.05, 0) is 46.8 Å². The molecule has 0 saturated heterocycles. The molecule has 1 aromatic rings. The number of nitrogens with zero attached hydrogens (tertiary/aromatic N) is 1. The molecule has 1 aromatic carbocycles. The van der Waals surface area contributed by atoms with E-state index >= 15 is 0 Å². The number of rotatable bonds is 3. The summed E-state index contributed by atoms with van der Waals surface area (Å²) in [4.78, 5) is 0. The molecule has 1 aliphatic rings. The minimum atomic E-state index is 0.0905. The van der Waals surface area contributed by atoms with Gasteiger partial charge in [-0.3, -0.25) is 4.48 Å². The zero-order valence-corrected chi connectivity index (χ0v) is 13.6. The van der Waals surface area contributed by atoms with Crippen molar-refractivity contribution in [1.29, 1.82) is 0 Å². The average molecular weight is 278 g/mol. The lowest BCUT2D eigenvalue weighted by molar-refractivity contribution is 0.0162. The topological polar surface area (TPSA) is 29.5 Å². The van der Waals surface area contributed by atoms with Gasteiger partial charge >= 0.3 is 0 Å². The van der Waals surface area contributed by atoms with Crippen molar-refractivity contribution in [1.82, 2.24) is 4.48 Å². The maximum atomic E-state index is 9.74. The highest BCUT2D eigenvalue weighted by Crippen LogP contribution is 2.44. The van der Waals surface area contributed by atoms with Crippen LogP contribution in [-0.4, -0.2) is 36.4 Å². The Morgan fingerprint density at radius 1 is 1.35 bits per heavy atom. The summed E-state index contributed by atoms with van der Waals surface area (Å²) in [5, 5.41) is 9.74. The number of quaternary nitrogens is 1. The standard InChI is InChI=1S/C17H27NO2/c1-12(2)20-11-14-9-13-10-15(19)7-8-16(13)18(14,6)17(3,4)5/h7-8,10,12,14H,9,11H2,1-6H3/p+1. The molecule has 0 aliphatic carbocycles. The fourth-order valence-electron chi connectivity index (χ4n) is 3.24. The number of benzene rings is 1. The Hall–Kier alpha value is -1.06. The van der Waals surface area contributed by atoms with Crippen molar-refractivity contribution in [2.45, 2.75) is 58.7 Å². The molecule has 2 unspecified atom stereocenters. The van der Waals surface area contributed by atoms with E-state index in [0.29, 0.717) is 11.8 Å². The molecule has 1 N–H and O–H groups in total. The number of ether oxygens (including phenoxy) is 1. The van der Waals surface area contributed by atoms with Crippen molar-refractivity contribution in [3.8, 4) is 5.75 Å². The molecule has 0 fully saturated rings. The SMILES string of the molecule is CC(C)OCC1Cc2cc(O)ccc2[N+]1(C)C(C)(C)C. The predicted octanol–water partition coefficient (Wildman–Crippen LogP) is 3.48. The van der Waals surface area contributed by atoms with Crippen molar-refractivity contribution in [3.63, 3.8) is 0 Å². The lowest BCUT2D eigenvalue weighted by Gasteiger charge is -2.47. The van der Waals surface area contributed by atoms with Crippen molar-refractivity contribution in [2.24, 2.45) is 0 Å². The van der Waals surface area contributed by atoms with Gasteiger partial charge in [-0.1, -0.05) is 0 Å². The predicted molar refractivity (Wildman–Crippen MR) is 84.2 cm³/mol. The highest BCUT2D eigenvalue weighted by Gasteiger charge is 2.50. The molecule has 2 atom stereocenters. The Balaban J connectivity index is 2.41. The van der Waals surface area contributed by atoms with Crippen LogP contribution in [-0.2, 0) is 11.2 Å². The molecule has 112 valence electrons. The van der Waals surface area contributed by atoms with E-state index in [1.807, 2.05) is 6.07 Å². The smallest absolute Gasteiger partial charge is 0.137 e. The van der Waals surface area contributed by atoms with E-state index in [-0.39, 0.29) is 11.6 Å². The van der Waals surface area contributed by atoms with Crippen LogP contribution >= 0.6 is 0 Å². The van der Waals surface area contributed by atoms with Crippen LogP contribution < -0.4 is 4.48 Å². The number of aromatic hydroxyl groups is 1. The van der Waals surface area contributed by atoms with Gasteiger partial charge in [-0.25, -0.2) is 0 Å². The Labute approximate surface area is 122 Å². The number of fused-ring (bicyclic) bond motifs is 1. The normalized spacial score (nSPS) is 26.1. The molecular formula is C17H28NO2+. The second kappa shape index (κ2) is 5.05. The van der Waals surface area contributed by atoms with Crippen molar-refractivity contribution in [3.05, 3.63) is 23.8 Å². The van der Waals surface area contributed by atoms with Crippen molar-refractivity contribution >= 4 is 5.69 Å². The van der Waals surface area contributed by atoms with E-state index in [4.69, 9.17) is 4.74 Å². The first-order valence-corrected chi connectivity index (χ1v) is 7.46. The summed E-state index contributed by atoms with van der Waals surface area (Å²) in [6, 6.07) is 6.18. The Morgan fingerprint density at radius 3 is 2.55 bits per heavy atom. The van der Waals surface area contributed by atoms with E-state index in [1.165, 1.54) is 11.3 Å². The molecule has 1 heterocycles. The second-order valence-electron chi connectivity index (χ2n) is 7.30. The van der Waals surface area contributed by atoms with Gasteiger partial charge in [0.25, 0.3) is 0 Å². The first-order chi connectivity index (χ1) is 9.16. The van der Waals surface area contributed by atoms with E-state index in [2.05, 4.69) is 47.7 Å². The first-order valence-electron chi connectivity index (χ1n) is 7.46. The number of phenolic OH excluding ortho intramolecular Hbond substituents is 1. The molecule has 3 heteroatoms. The van der Waals surface area contributed by atoms with Crippen LogP contribution in [0.15, 0.2) is 18.2 Å². The van der Waals surface area contributed by atoms with Crippen LogP contribution in [0.3, 0.4) is 0 Å². The summed E-state index contributed by atoms with van der Waals surface area (Å²) in [7, 11) is 2.29. The van der Waals surface area contributed by atoms with Crippen LogP contribution in [0.2, 0.25) is 0 Å². The van der Waals surface area contributed by atoms with Crippen molar-refractivity contribution < 1.29 is 9.84 Å². The third-order valence-corrected chi connectivity index (χ3v) is 4.76. The van der Waals surface area contributed by atoms with Gasteiger partial charge in [-0.15, -0.1) is 0 Å². The lowest BCUT2D eigenvalue weighted by atomic mass is 9.99. The summed E-state index contributed by atoms with van der Waals surface area (Å²) in [5.41, 5.74) is 2.65. The van der Waals surface area contributed by atoms with Crippen LogP contribution in [0.4, 0.5) is 5.69 Å². The average Bonchev–Trinajstić information content (AvgIpc) is 2.59. The van der Waals surface area contributed by atoms with E-state index in [0.717, 1.165) is 17.5 Å². The third-order valence-electron chi connectivity index (χ3n) is 4.76. The zero-order valence-electron chi connectivity index (χ0n) is 13.6. The van der Waals surface area contributed by atoms with Crippen LogP contribution in [0.1, 0.15) is 40.2 Å². The number of phenols is 1.